The maximum atomic E-state index is 12.2. The number of nitrogens with zero attached hydrogens (tertiary/aromatic N) is 3. The SMILES string of the molecule is CCOc1ccc(N2CC(c3nc(C)no3)CC2=O)cc1. The molecule has 6 nitrogen and oxygen atoms in total. The van der Waals surface area contributed by atoms with Crippen LogP contribution in [-0.4, -0.2) is 29.2 Å². The first kappa shape index (κ1) is 13.6. The van der Waals surface area contributed by atoms with E-state index in [4.69, 9.17) is 9.26 Å². The monoisotopic (exact) mass is 287 g/mol. The summed E-state index contributed by atoms with van der Waals surface area (Å²) in [5.74, 6) is 1.97. The van der Waals surface area contributed by atoms with Crippen LogP contribution in [0.2, 0.25) is 0 Å². The topological polar surface area (TPSA) is 68.5 Å². The summed E-state index contributed by atoms with van der Waals surface area (Å²) in [6, 6.07) is 7.53. The van der Waals surface area contributed by atoms with Crippen molar-refractivity contribution >= 4 is 11.6 Å². The molecule has 1 unspecified atom stereocenters. The fraction of sp³-hybridized carbons (Fsp3) is 0.400. The molecule has 1 amide bonds. The molecule has 1 aromatic carbocycles. The van der Waals surface area contributed by atoms with Crippen molar-refractivity contribution in [3.8, 4) is 5.75 Å². The lowest BCUT2D eigenvalue weighted by molar-refractivity contribution is -0.117. The van der Waals surface area contributed by atoms with Gasteiger partial charge in [-0.1, -0.05) is 5.16 Å². The summed E-state index contributed by atoms with van der Waals surface area (Å²) in [6.45, 7) is 4.90. The average molecular weight is 287 g/mol. The van der Waals surface area contributed by atoms with Crippen LogP contribution in [0.1, 0.15) is 31.0 Å². The minimum absolute atomic E-state index is 0.0368. The molecule has 6 heteroatoms. The Hall–Kier alpha value is -2.37. The molecule has 2 heterocycles. The number of carbonyl (C=O) groups is 1. The van der Waals surface area contributed by atoms with Gasteiger partial charge in [0.2, 0.25) is 11.8 Å². The van der Waals surface area contributed by atoms with Crippen molar-refractivity contribution in [2.75, 3.05) is 18.1 Å². The Bertz CT molecular complexity index is 636. The highest BCUT2D eigenvalue weighted by atomic mass is 16.5. The van der Waals surface area contributed by atoms with E-state index in [2.05, 4.69) is 10.1 Å². The van der Waals surface area contributed by atoms with E-state index in [1.54, 1.807) is 11.8 Å². The third-order valence-corrected chi connectivity index (χ3v) is 3.48. The van der Waals surface area contributed by atoms with Crippen molar-refractivity contribution in [1.82, 2.24) is 10.1 Å². The molecule has 1 aromatic heterocycles. The van der Waals surface area contributed by atoms with Crippen LogP contribution in [0.25, 0.3) is 0 Å². The number of aromatic nitrogens is 2. The fourth-order valence-corrected chi connectivity index (χ4v) is 2.49. The molecule has 1 fully saturated rings. The summed E-state index contributed by atoms with van der Waals surface area (Å²) in [6.07, 6.45) is 0.398. The smallest absolute Gasteiger partial charge is 0.232 e. The Morgan fingerprint density at radius 2 is 2.14 bits per heavy atom. The van der Waals surface area contributed by atoms with Crippen LogP contribution in [0.4, 0.5) is 5.69 Å². The highest BCUT2D eigenvalue weighted by Gasteiger charge is 2.34. The molecule has 0 aliphatic carbocycles. The van der Waals surface area contributed by atoms with E-state index in [0.717, 1.165) is 11.4 Å². The van der Waals surface area contributed by atoms with Gasteiger partial charge in [-0.2, -0.15) is 4.98 Å². The zero-order valence-electron chi connectivity index (χ0n) is 12.1. The zero-order chi connectivity index (χ0) is 14.8. The second kappa shape index (κ2) is 5.55. The van der Waals surface area contributed by atoms with E-state index >= 15 is 0 Å². The standard InChI is InChI=1S/C15H17N3O3/c1-3-20-13-6-4-12(5-7-13)18-9-11(8-14(18)19)15-16-10(2)17-21-15/h4-7,11H,3,8-9H2,1-2H3. The molecule has 1 atom stereocenters. The molecule has 0 spiro atoms. The first-order valence-electron chi connectivity index (χ1n) is 7.01. The van der Waals surface area contributed by atoms with Gasteiger partial charge < -0.3 is 14.2 Å². The first-order valence-corrected chi connectivity index (χ1v) is 7.01. The molecular weight excluding hydrogens is 270 g/mol. The largest absolute Gasteiger partial charge is 0.494 e. The molecule has 0 N–H and O–H groups in total. The summed E-state index contributed by atoms with van der Waals surface area (Å²) >= 11 is 0. The Kier molecular flexibility index (Phi) is 3.60. The molecule has 110 valence electrons. The summed E-state index contributed by atoms with van der Waals surface area (Å²) in [4.78, 5) is 18.1. The average Bonchev–Trinajstić information content (AvgIpc) is 3.06. The fourth-order valence-electron chi connectivity index (χ4n) is 2.49. The van der Waals surface area contributed by atoms with Crippen LogP contribution >= 0.6 is 0 Å². The van der Waals surface area contributed by atoms with E-state index in [1.807, 2.05) is 31.2 Å². The molecule has 0 saturated carbocycles. The first-order chi connectivity index (χ1) is 10.2. The maximum absolute atomic E-state index is 12.2. The van der Waals surface area contributed by atoms with Crippen molar-refractivity contribution < 1.29 is 14.1 Å². The number of hydrogen-bond acceptors (Lipinski definition) is 5. The number of anilines is 1. The van der Waals surface area contributed by atoms with E-state index in [-0.39, 0.29) is 11.8 Å². The van der Waals surface area contributed by atoms with Crippen LogP contribution in [0.3, 0.4) is 0 Å². The molecule has 1 aliphatic rings. The lowest BCUT2D eigenvalue weighted by atomic mass is 10.1. The number of rotatable bonds is 4. The minimum atomic E-state index is -0.0368. The number of carbonyl (C=O) groups excluding carboxylic acids is 1. The summed E-state index contributed by atoms with van der Waals surface area (Å²) in [7, 11) is 0. The predicted octanol–water partition coefficient (Wildman–Crippen LogP) is 2.30. The predicted molar refractivity (Wildman–Crippen MR) is 76.4 cm³/mol. The van der Waals surface area contributed by atoms with Crippen molar-refractivity contribution in [2.45, 2.75) is 26.2 Å². The minimum Gasteiger partial charge on any atom is -0.494 e. The van der Waals surface area contributed by atoms with E-state index in [0.29, 0.717) is 31.3 Å². The Balaban J connectivity index is 1.75. The normalized spacial score (nSPS) is 18.3. The molecule has 0 bridgehead atoms. The third kappa shape index (κ3) is 2.74. The van der Waals surface area contributed by atoms with Gasteiger partial charge in [-0.05, 0) is 38.1 Å². The van der Waals surface area contributed by atoms with E-state index in [1.165, 1.54) is 0 Å². The highest BCUT2D eigenvalue weighted by Crippen LogP contribution is 2.31. The van der Waals surface area contributed by atoms with Gasteiger partial charge in [0, 0.05) is 18.7 Å². The van der Waals surface area contributed by atoms with Crippen molar-refractivity contribution in [3.63, 3.8) is 0 Å². The number of hydrogen-bond donors (Lipinski definition) is 0. The van der Waals surface area contributed by atoms with Gasteiger partial charge in [0.1, 0.15) is 5.75 Å². The van der Waals surface area contributed by atoms with Crippen LogP contribution in [0, 0.1) is 6.92 Å². The van der Waals surface area contributed by atoms with Crippen LogP contribution in [0.5, 0.6) is 5.75 Å². The molecular formula is C15H17N3O3. The van der Waals surface area contributed by atoms with Gasteiger partial charge in [-0.15, -0.1) is 0 Å². The quantitative estimate of drug-likeness (QED) is 0.863. The van der Waals surface area contributed by atoms with Crippen LogP contribution in [-0.2, 0) is 4.79 Å². The zero-order valence-corrected chi connectivity index (χ0v) is 12.1. The van der Waals surface area contributed by atoms with Gasteiger partial charge in [-0.3, -0.25) is 4.79 Å². The summed E-state index contributed by atoms with van der Waals surface area (Å²) in [5, 5.41) is 3.78. The van der Waals surface area contributed by atoms with Crippen LogP contribution < -0.4 is 9.64 Å². The Morgan fingerprint density at radius 1 is 1.38 bits per heavy atom. The van der Waals surface area contributed by atoms with Crippen molar-refractivity contribution in [3.05, 3.63) is 36.0 Å². The molecule has 2 aromatic rings. The highest BCUT2D eigenvalue weighted by molar-refractivity contribution is 5.96. The van der Waals surface area contributed by atoms with Crippen molar-refractivity contribution in [2.24, 2.45) is 0 Å². The van der Waals surface area contributed by atoms with Gasteiger partial charge in [0.15, 0.2) is 5.82 Å². The van der Waals surface area contributed by atoms with Gasteiger partial charge in [0.05, 0.1) is 12.5 Å². The summed E-state index contributed by atoms with van der Waals surface area (Å²) in [5.41, 5.74) is 0.863. The lowest BCUT2D eigenvalue weighted by Crippen LogP contribution is -2.24. The Morgan fingerprint density at radius 3 is 2.76 bits per heavy atom. The summed E-state index contributed by atoms with van der Waals surface area (Å²) < 4.78 is 10.6. The number of amides is 1. The molecule has 1 saturated heterocycles. The number of aryl methyl sites for hydroxylation is 1. The molecule has 1 aliphatic heterocycles. The number of benzene rings is 1. The molecule has 21 heavy (non-hydrogen) atoms. The number of ether oxygens (including phenoxy) is 1. The second-order valence-corrected chi connectivity index (χ2v) is 5.01. The maximum Gasteiger partial charge on any atom is 0.232 e. The molecule has 3 rings (SSSR count). The lowest BCUT2D eigenvalue weighted by Gasteiger charge is -2.16. The third-order valence-electron chi connectivity index (χ3n) is 3.48. The van der Waals surface area contributed by atoms with Gasteiger partial charge >= 0.3 is 0 Å². The van der Waals surface area contributed by atoms with E-state index in [9.17, 15) is 4.79 Å². The van der Waals surface area contributed by atoms with Crippen LogP contribution in [0.15, 0.2) is 28.8 Å². The Labute approximate surface area is 122 Å². The van der Waals surface area contributed by atoms with Gasteiger partial charge in [0.25, 0.3) is 0 Å². The van der Waals surface area contributed by atoms with E-state index < -0.39 is 0 Å². The molecule has 0 radical (unpaired) electrons. The van der Waals surface area contributed by atoms with Gasteiger partial charge in [-0.25, -0.2) is 0 Å². The second-order valence-electron chi connectivity index (χ2n) is 5.01. The van der Waals surface area contributed by atoms with Crippen molar-refractivity contribution in [1.29, 1.82) is 0 Å².